The lowest BCUT2D eigenvalue weighted by molar-refractivity contribution is 0.768. The predicted molar refractivity (Wildman–Crippen MR) is 260 cm³/mol. The van der Waals surface area contributed by atoms with Gasteiger partial charge in [-0.15, -0.1) is 0 Å². The molecular formula is C59H56N2. The van der Waals surface area contributed by atoms with Crippen LogP contribution in [0.1, 0.15) is 85.0 Å². The van der Waals surface area contributed by atoms with Crippen LogP contribution >= 0.6 is 0 Å². The van der Waals surface area contributed by atoms with E-state index in [-0.39, 0.29) is 0 Å². The molecule has 9 rings (SSSR count). The number of aryl methyl sites for hydroxylation is 4. The molecule has 0 atom stereocenters. The topological polar surface area (TPSA) is 6.48 Å². The monoisotopic (exact) mass is 792 g/mol. The smallest absolute Gasteiger partial charge is 0.0713 e. The molecule has 0 N–H and O–H groups in total. The maximum absolute atomic E-state index is 2.40. The van der Waals surface area contributed by atoms with Crippen molar-refractivity contribution >= 4 is 34.1 Å². The van der Waals surface area contributed by atoms with Crippen LogP contribution in [-0.2, 0) is 31.1 Å². The van der Waals surface area contributed by atoms with Gasteiger partial charge in [0.25, 0.3) is 0 Å². The fraction of sp³-hybridized carbons (Fsp3) is 0.186. The van der Waals surface area contributed by atoms with Gasteiger partial charge in [-0.1, -0.05) is 162 Å². The Balaban J connectivity index is 1.18. The van der Waals surface area contributed by atoms with Crippen LogP contribution in [0.25, 0.3) is 11.1 Å². The van der Waals surface area contributed by atoms with Gasteiger partial charge in [-0.25, -0.2) is 0 Å². The van der Waals surface area contributed by atoms with Gasteiger partial charge < -0.3 is 9.80 Å². The van der Waals surface area contributed by atoms with Crippen molar-refractivity contribution in [3.63, 3.8) is 0 Å². The highest BCUT2D eigenvalue weighted by atomic mass is 15.1. The molecule has 0 amide bonds. The molecule has 0 fully saturated rings. The fourth-order valence-corrected chi connectivity index (χ4v) is 9.60. The average molecular weight is 793 g/mol. The first-order valence-electron chi connectivity index (χ1n) is 22.4. The number of hydrogen-bond donors (Lipinski definition) is 0. The highest BCUT2D eigenvalue weighted by molar-refractivity contribution is 5.87. The molecule has 0 unspecified atom stereocenters. The SMILES string of the molecule is CCCc1ccc(N(c2ccc(CC)cc2)c2ccc(C3(c4ccc(N(c5ccc(CC)cc5)c5ccc(CCC)cc5)cc4)c4ccccc4-c4ccccc43)cc2)cc1. The number of nitrogens with zero attached hydrogens (tertiary/aromatic N) is 2. The number of hydrogen-bond acceptors (Lipinski definition) is 2. The van der Waals surface area contributed by atoms with E-state index < -0.39 is 5.41 Å². The standard InChI is InChI=1S/C59H56N2/c1-5-13-45-23-35-51(36-24-45)60(49-31-19-43(7-3)20-32-49)53-39-27-47(28-40-53)59(57-17-11-9-15-55(57)56-16-10-12-18-58(56)59)48-29-41-54(42-30-48)61(50-33-21-44(8-4)22-34-50)52-37-25-46(14-6-2)26-38-52/h9-12,15-42H,5-8,13-14H2,1-4H3. The maximum atomic E-state index is 2.40. The van der Waals surface area contributed by atoms with Crippen LogP contribution in [0.4, 0.5) is 34.1 Å². The highest BCUT2D eigenvalue weighted by Gasteiger charge is 2.46. The van der Waals surface area contributed by atoms with Gasteiger partial charge in [0.1, 0.15) is 0 Å². The number of benzene rings is 8. The van der Waals surface area contributed by atoms with E-state index in [2.05, 4.69) is 232 Å². The van der Waals surface area contributed by atoms with Gasteiger partial charge in [-0.2, -0.15) is 0 Å². The maximum Gasteiger partial charge on any atom is 0.0713 e. The molecule has 0 saturated heterocycles. The molecule has 2 heteroatoms. The summed E-state index contributed by atoms with van der Waals surface area (Å²) < 4.78 is 0. The van der Waals surface area contributed by atoms with Crippen molar-refractivity contribution in [3.05, 3.63) is 239 Å². The highest BCUT2D eigenvalue weighted by Crippen LogP contribution is 2.56. The molecule has 8 aromatic rings. The summed E-state index contributed by atoms with van der Waals surface area (Å²) in [5.41, 5.74) is 19.5. The van der Waals surface area contributed by atoms with Gasteiger partial charge in [-0.05, 0) is 154 Å². The summed E-state index contributed by atoms with van der Waals surface area (Å²) in [7, 11) is 0. The Bertz CT molecular complexity index is 2500. The Morgan fingerprint density at radius 1 is 0.311 bits per heavy atom. The van der Waals surface area contributed by atoms with Gasteiger partial charge in [-0.3, -0.25) is 0 Å². The van der Waals surface area contributed by atoms with Crippen molar-refractivity contribution in [2.75, 3.05) is 9.80 Å². The van der Waals surface area contributed by atoms with Crippen LogP contribution in [0.2, 0.25) is 0 Å². The molecule has 0 bridgehead atoms. The van der Waals surface area contributed by atoms with Crippen LogP contribution in [0.5, 0.6) is 0 Å². The van der Waals surface area contributed by atoms with Crippen molar-refractivity contribution in [2.24, 2.45) is 0 Å². The predicted octanol–water partition coefficient (Wildman–Crippen LogP) is 16.0. The normalized spacial score (nSPS) is 12.5. The fourth-order valence-electron chi connectivity index (χ4n) is 9.60. The molecule has 0 saturated carbocycles. The average Bonchev–Trinajstić information content (AvgIpc) is 3.62. The largest absolute Gasteiger partial charge is 0.311 e. The Hall–Kier alpha value is -6.64. The minimum absolute atomic E-state index is 0.519. The Morgan fingerprint density at radius 3 is 0.885 bits per heavy atom. The Labute approximate surface area is 363 Å². The Kier molecular flexibility index (Phi) is 11.4. The summed E-state index contributed by atoms with van der Waals surface area (Å²) in [6, 6.07) is 73.2. The second-order valence-electron chi connectivity index (χ2n) is 16.5. The zero-order valence-electron chi connectivity index (χ0n) is 36.1. The Morgan fingerprint density at radius 2 is 0.590 bits per heavy atom. The quantitative estimate of drug-likeness (QED) is 0.108. The molecule has 1 aliphatic rings. The molecule has 0 spiro atoms. The minimum Gasteiger partial charge on any atom is -0.311 e. The second kappa shape index (κ2) is 17.5. The molecule has 0 aromatic heterocycles. The van der Waals surface area contributed by atoms with Gasteiger partial charge in [0, 0.05) is 34.1 Å². The zero-order chi connectivity index (χ0) is 41.8. The van der Waals surface area contributed by atoms with Crippen LogP contribution in [0, 0.1) is 0 Å². The lowest BCUT2D eigenvalue weighted by Crippen LogP contribution is -2.28. The van der Waals surface area contributed by atoms with E-state index in [1.807, 2.05) is 0 Å². The van der Waals surface area contributed by atoms with Crippen molar-refractivity contribution < 1.29 is 0 Å². The van der Waals surface area contributed by atoms with E-state index in [0.29, 0.717) is 0 Å². The third kappa shape index (κ3) is 7.46. The van der Waals surface area contributed by atoms with Gasteiger partial charge in [0.2, 0.25) is 0 Å². The molecule has 302 valence electrons. The number of rotatable bonds is 14. The van der Waals surface area contributed by atoms with Crippen molar-refractivity contribution in [1.29, 1.82) is 0 Å². The van der Waals surface area contributed by atoms with Crippen LogP contribution < -0.4 is 9.80 Å². The molecule has 0 radical (unpaired) electrons. The molecular weight excluding hydrogens is 737 g/mol. The van der Waals surface area contributed by atoms with E-state index in [1.165, 1.54) is 55.6 Å². The summed E-state index contributed by atoms with van der Waals surface area (Å²) in [4.78, 5) is 4.79. The van der Waals surface area contributed by atoms with E-state index in [9.17, 15) is 0 Å². The molecule has 0 aliphatic heterocycles. The molecule has 8 aromatic carbocycles. The van der Waals surface area contributed by atoms with Crippen molar-refractivity contribution in [2.45, 2.75) is 71.6 Å². The number of fused-ring (bicyclic) bond motifs is 3. The number of anilines is 6. The summed E-state index contributed by atoms with van der Waals surface area (Å²) in [5.74, 6) is 0. The van der Waals surface area contributed by atoms with E-state index >= 15 is 0 Å². The van der Waals surface area contributed by atoms with Gasteiger partial charge in [0.15, 0.2) is 0 Å². The lowest BCUT2D eigenvalue weighted by Gasteiger charge is -2.35. The second-order valence-corrected chi connectivity index (χ2v) is 16.5. The van der Waals surface area contributed by atoms with E-state index in [4.69, 9.17) is 0 Å². The van der Waals surface area contributed by atoms with E-state index in [0.717, 1.165) is 72.6 Å². The van der Waals surface area contributed by atoms with Crippen molar-refractivity contribution in [3.8, 4) is 11.1 Å². The van der Waals surface area contributed by atoms with Gasteiger partial charge in [0.05, 0.1) is 5.41 Å². The minimum atomic E-state index is -0.519. The molecule has 0 heterocycles. The third-order valence-corrected chi connectivity index (χ3v) is 12.7. The third-order valence-electron chi connectivity index (χ3n) is 12.7. The van der Waals surface area contributed by atoms with Gasteiger partial charge >= 0.3 is 0 Å². The van der Waals surface area contributed by atoms with Crippen LogP contribution in [-0.4, -0.2) is 0 Å². The lowest BCUT2D eigenvalue weighted by atomic mass is 9.67. The molecule has 1 aliphatic carbocycles. The first-order chi connectivity index (χ1) is 30.0. The molecule has 2 nitrogen and oxygen atoms in total. The van der Waals surface area contributed by atoms with E-state index in [1.54, 1.807) is 0 Å². The van der Waals surface area contributed by atoms with Crippen LogP contribution in [0.15, 0.2) is 194 Å². The summed E-state index contributed by atoms with van der Waals surface area (Å²) in [6.07, 6.45) is 6.48. The summed E-state index contributed by atoms with van der Waals surface area (Å²) in [5, 5.41) is 0. The summed E-state index contributed by atoms with van der Waals surface area (Å²) >= 11 is 0. The van der Waals surface area contributed by atoms with Crippen molar-refractivity contribution in [1.82, 2.24) is 0 Å². The first kappa shape index (κ1) is 39.8. The zero-order valence-corrected chi connectivity index (χ0v) is 36.1. The first-order valence-corrected chi connectivity index (χ1v) is 22.4. The van der Waals surface area contributed by atoms with Crippen LogP contribution in [0.3, 0.4) is 0 Å². The molecule has 61 heavy (non-hydrogen) atoms. The summed E-state index contributed by atoms with van der Waals surface area (Å²) in [6.45, 7) is 8.92.